The van der Waals surface area contributed by atoms with Crippen molar-refractivity contribution in [2.75, 3.05) is 6.54 Å². The van der Waals surface area contributed by atoms with Gasteiger partial charge in [0.15, 0.2) is 0 Å². The molecule has 1 aromatic rings. The molecule has 0 amide bonds. The van der Waals surface area contributed by atoms with Crippen LogP contribution in [0.3, 0.4) is 0 Å². The minimum Gasteiger partial charge on any atom is -0.480 e. The molecule has 0 saturated heterocycles. The smallest absolute Gasteiger partial charge is 0.321 e. The van der Waals surface area contributed by atoms with Gasteiger partial charge in [-0.3, -0.25) is 4.79 Å². The van der Waals surface area contributed by atoms with Crippen LogP contribution in [0.1, 0.15) is 18.1 Å². The zero-order valence-corrected chi connectivity index (χ0v) is 12.6. The molecular formula is C12H17ClN2O4S. The third kappa shape index (κ3) is 3.49. The lowest BCUT2D eigenvalue weighted by molar-refractivity contribution is -0.139. The number of nitrogens with one attached hydrogen (secondary N) is 2. The summed E-state index contributed by atoms with van der Waals surface area (Å²) >= 11 is 0. The SMILES string of the molecule is CCNS(=O)(=O)c1ccc2c(c1)CNC(C(=O)O)C2.Cl. The summed E-state index contributed by atoms with van der Waals surface area (Å²) in [6.45, 7) is 2.41. The van der Waals surface area contributed by atoms with E-state index in [4.69, 9.17) is 5.11 Å². The molecule has 1 heterocycles. The van der Waals surface area contributed by atoms with E-state index in [0.29, 0.717) is 19.5 Å². The van der Waals surface area contributed by atoms with Crippen LogP contribution in [0.4, 0.5) is 0 Å². The van der Waals surface area contributed by atoms with Crippen molar-refractivity contribution >= 4 is 28.4 Å². The summed E-state index contributed by atoms with van der Waals surface area (Å²) in [5, 5.41) is 11.8. The van der Waals surface area contributed by atoms with Gasteiger partial charge in [-0.25, -0.2) is 13.1 Å². The van der Waals surface area contributed by atoms with E-state index in [1.807, 2.05) is 0 Å². The van der Waals surface area contributed by atoms with Gasteiger partial charge in [-0.05, 0) is 29.7 Å². The largest absolute Gasteiger partial charge is 0.480 e. The maximum absolute atomic E-state index is 11.9. The van der Waals surface area contributed by atoms with Crippen molar-refractivity contribution in [3.8, 4) is 0 Å². The van der Waals surface area contributed by atoms with Gasteiger partial charge in [0.1, 0.15) is 6.04 Å². The van der Waals surface area contributed by atoms with E-state index in [1.165, 1.54) is 6.07 Å². The first-order chi connectivity index (χ1) is 8.94. The molecule has 0 radical (unpaired) electrons. The van der Waals surface area contributed by atoms with Crippen molar-refractivity contribution in [2.24, 2.45) is 0 Å². The molecular weight excluding hydrogens is 304 g/mol. The van der Waals surface area contributed by atoms with Gasteiger partial charge in [-0.15, -0.1) is 12.4 Å². The van der Waals surface area contributed by atoms with Gasteiger partial charge < -0.3 is 10.4 Å². The second-order valence-corrected chi connectivity index (χ2v) is 6.17. The maximum Gasteiger partial charge on any atom is 0.321 e. The van der Waals surface area contributed by atoms with Crippen molar-refractivity contribution in [2.45, 2.75) is 30.8 Å². The van der Waals surface area contributed by atoms with Gasteiger partial charge in [0, 0.05) is 13.1 Å². The summed E-state index contributed by atoms with van der Waals surface area (Å²) in [4.78, 5) is 11.1. The number of carboxylic acids is 1. The number of carbonyl (C=O) groups is 1. The van der Waals surface area contributed by atoms with Crippen LogP contribution in [0.5, 0.6) is 0 Å². The van der Waals surface area contributed by atoms with Gasteiger partial charge >= 0.3 is 5.97 Å². The van der Waals surface area contributed by atoms with Crippen LogP contribution in [0.25, 0.3) is 0 Å². The molecule has 1 atom stereocenters. The number of halogens is 1. The van der Waals surface area contributed by atoms with Crippen LogP contribution in [0.15, 0.2) is 23.1 Å². The fourth-order valence-corrected chi connectivity index (χ4v) is 3.20. The van der Waals surface area contributed by atoms with Crippen molar-refractivity contribution in [3.05, 3.63) is 29.3 Å². The summed E-state index contributed by atoms with van der Waals surface area (Å²) < 4.78 is 26.2. The third-order valence-electron chi connectivity index (χ3n) is 3.08. The van der Waals surface area contributed by atoms with E-state index in [9.17, 15) is 13.2 Å². The highest BCUT2D eigenvalue weighted by Crippen LogP contribution is 2.21. The summed E-state index contributed by atoms with van der Waals surface area (Å²) in [6.07, 6.45) is 0.367. The highest BCUT2D eigenvalue weighted by molar-refractivity contribution is 7.89. The lowest BCUT2D eigenvalue weighted by atomic mass is 9.96. The molecule has 2 rings (SSSR count). The van der Waals surface area contributed by atoms with Crippen LogP contribution in [-0.2, 0) is 27.8 Å². The average Bonchev–Trinajstić information content (AvgIpc) is 2.37. The van der Waals surface area contributed by atoms with Crippen molar-refractivity contribution < 1.29 is 18.3 Å². The highest BCUT2D eigenvalue weighted by Gasteiger charge is 2.24. The fraction of sp³-hybridized carbons (Fsp3) is 0.417. The standard InChI is InChI=1S/C12H16N2O4S.ClH/c1-2-14-19(17,18)10-4-3-8-6-11(12(15)16)13-7-9(8)5-10;/h3-5,11,13-14H,2,6-7H2,1H3,(H,15,16);1H. The predicted molar refractivity (Wildman–Crippen MR) is 76.5 cm³/mol. The second-order valence-electron chi connectivity index (χ2n) is 4.41. The second kappa shape index (κ2) is 6.53. The molecule has 20 heavy (non-hydrogen) atoms. The van der Waals surface area contributed by atoms with Crippen molar-refractivity contribution in [1.82, 2.24) is 10.0 Å². The zero-order valence-electron chi connectivity index (χ0n) is 10.9. The van der Waals surface area contributed by atoms with Gasteiger partial charge in [0.2, 0.25) is 10.0 Å². The number of hydrogen-bond donors (Lipinski definition) is 3. The third-order valence-corrected chi connectivity index (χ3v) is 4.63. The van der Waals surface area contributed by atoms with Gasteiger partial charge in [-0.1, -0.05) is 13.0 Å². The van der Waals surface area contributed by atoms with Crippen LogP contribution in [0, 0.1) is 0 Å². The number of hydrogen-bond acceptors (Lipinski definition) is 4. The predicted octanol–water partition coefficient (Wildman–Crippen LogP) is 0.505. The molecule has 0 spiro atoms. The Labute approximate surface area is 124 Å². The lowest BCUT2D eigenvalue weighted by Crippen LogP contribution is -2.41. The van der Waals surface area contributed by atoms with Crippen molar-refractivity contribution in [3.63, 3.8) is 0 Å². The molecule has 0 saturated carbocycles. The first-order valence-electron chi connectivity index (χ1n) is 6.01. The van der Waals surface area contributed by atoms with Gasteiger partial charge in [0.25, 0.3) is 0 Å². The number of benzene rings is 1. The number of fused-ring (bicyclic) bond motifs is 1. The number of carboxylic acid groups (broad SMARTS) is 1. The van der Waals surface area contributed by atoms with Crippen LogP contribution < -0.4 is 10.0 Å². The number of rotatable bonds is 4. The molecule has 0 fully saturated rings. The summed E-state index contributed by atoms with van der Waals surface area (Å²) in [5.41, 5.74) is 1.71. The summed E-state index contributed by atoms with van der Waals surface area (Å²) in [5.74, 6) is -0.894. The monoisotopic (exact) mass is 320 g/mol. The lowest BCUT2D eigenvalue weighted by Gasteiger charge is -2.23. The number of sulfonamides is 1. The Morgan fingerprint density at radius 3 is 2.75 bits per heavy atom. The van der Waals surface area contributed by atoms with Crippen LogP contribution in [0.2, 0.25) is 0 Å². The van der Waals surface area contributed by atoms with Gasteiger partial charge in [-0.2, -0.15) is 0 Å². The maximum atomic E-state index is 11.9. The molecule has 0 aromatic heterocycles. The van der Waals surface area contributed by atoms with E-state index in [-0.39, 0.29) is 17.3 Å². The first-order valence-corrected chi connectivity index (χ1v) is 7.50. The van der Waals surface area contributed by atoms with Gasteiger partial charge in [0.05, 0.1) is 4.90 Å². The fourth-order valence-electron chi connectivity index (χ4n) is 2.11. The summed E-state index contributed by atoms with van der Waals surface area (Å²) in [6, 6.07) is 4.19. The molecule has 3 N–H and O–H groups in total. The molecule has 8 heteroatoms. The summed E-state index contributed by atoms with van der Waals surface area (Å²) in [7, 11) is -3.47. The number of aliphatic carboxylic acids is 1. The topological polar surface area (TPSA) is 95.5 Å². The molecule has 1 aliphatic rings. The Bertz CT molecular complexity index is 603. The quantitative estimate of drug-likeness (QED) is 0.751. The molecule has 6 nitrogen and oxygen atoms in total. The zero-order chi connectivity index (χ0) is 14.0. The van der Waals surface area contributed by atoms with E-state index < -0.39 is 22.0 Å². The normalized spacial score (nSPS) is 17.9. The van der Waals surface area contributed by atoms with E-state index in [1.54, 1.807) is 19.1 Å². The molecule has 1 aliphatic heterocycles. The first kappa shape index (κ1) is 16.9. The minimum atomic E-state index is -3.47. The van der Waals surface area contributed by atoms with Crippen molar-refractivity contribution in [1.29, 1.82) is 0 Å². The Morgan fingerprint density at radius 2 is 2.15 bits per heavy atom. The van der Waals surface area contributed by atoms with Crippen LogP contribution in [-0.4, -0.2) is 32.1 Å². The van der Waals surface area contributed by atoms with Crippen LogP contribution >= 0.6 is 12.4 Å². The molecule has 1 unspecified atom stereocenters. The average molecular weight is 321 g/mol. The molecule has 0 aliphatic carbocycles. The van der Waals surface area contributed by atoms with E-state index in [0.717, 1.165) is 11.1 Å². The minimum absolute atomic E-state index is 0. The highest BCUT2D eigenvalue weighted by atomic mass is 35.5. The molecule has 1 aromatic carbocycles. The Hall–Kier alpha value is -1.15. The van der Waals surface area contributed by atoms with E-state index >= 15 is 0 Å². The van der Waals surface area contributed by atoms with E-state index in [2.05, 4.69) is 10.0 Å². The molecule has 0 bridgehead atoms. The Morgan fingerprint density at radius 1 is 1.45 bits per heavy atom. The Kier molecular flexibility index (Phi) is 5.52. The molecule has 112 valence electrons. The Balaban J connectivity index is 0.00000200.